The third-order valence-corrected chi connectivity index (χ3v) is 2.56. The normalized spacial score (nSPS) is 22.0. The largest absolute Gasteiger partial charge is 0.354 e. The zero-order valence-electron chi connectivity index (χ0n) is 7.64. The fourth-order valence-electron chi connectivity index (χ4n) is 1.88. The summed E-state index contributed by atoms with van der Waals surface area (Å²) < 4.78 is 0. The topological polar surface area (TPSA) is 24.9 Å². The van der Waals surface area contributed by atoms with Gasteiger partial charge >= 0.3 is 0 Å². The van der Waals surface area contributed by atoms with E-state index < -0.39 is 0 Å². The van der Waals surface area contributed by atoms with Crippen LogP contribution in [0.2, 0.25) is 0 Å². The molecule has 2 bridgehead atoms. The number of hydrogen-bond donors (Lipinski definition) is 1. The van der Waals surface area contributed by atoms with Crippen molar-refractivity contribution in [2.24, 2.45) is 0 Å². The second-order valence-corrected chi connectivity index (χ2v) is 3.48. The van der Waals surface area contributed by atoms with E-state index in [9.17, 15) is 0 Å². The van der Waals surface area contributed by atoms with Gasteiger partial charge in [-0.05, 0) is 23.8 Å². The van der Waals surface area contributed by atoms with Crippen molar-refractivity contribution < 1.29 is 0 Å². The van der Waals surface area contributed by atoms with Crippen molar-refractivity contribution in [1.82, 2.24) is 4.98 Å². The quantitative estimate of drug-likeness (QED) is 0.667. The SMILES string of the molecule is C1=CC2=CC(C=C1)c1ccncc1N2. The number of nitrogens with one attached hydrogen (secondary N) is 1. The fraction of sp³-hybridized carbons (Fsp3) is 0.0833. The Morgan fingerprint density at radius 2 is 2.29 bits per heavy atom. The summed E-state index contributed by atoms with van der Waals surface area (Å²) in [6.07, 6.45) is 14.4. The van der Waals surface area contributed by atoms with Crippen LogP contribution in [-0.2, 0) is 0 Å². The molecule has 0 saturated heterocycles. The van der Waals surface area contributed by atoms with Crippen molar-refractivity contribution in [3.63, 3.8) is 0 Å². The molecule has 1 aliphatic heterocycles. The second-order valence-electron chi connectivity index (χ2n) is 3.48. The van der Waals surface area contributed by atoms with Crippen molar-refractivity contribution in [2.45, 2.75) is 5.92 Å². The minimum atomic E-state index is 0.388. The average Bonchev–Trinajstić information content (AvgIpc) is 2.41. The van der Waals surface area contributed by atoms with Crippen LogP contribution in [-0.4, -0.2) is 4.98 Å². The lowest BCUT2D eigenvalue weighted by Gasteiger charge is -2.21. The molecular formula is C12H10N2. The molecule has 2 heterocycles. The number of hydrogen-bond acceptors (Lipinski definition) is 2. The van der Waals surface area contributed by atoms with Crippen LogP contribution < -0.4 is 5.32 Å². The summed E-state index contributed by atoms with van der Waals surface area (Å²) in [6, 6.07) is 2.07. The van der Waals surface area contributed by atoms with Gasteiger partial charge in [0.25, 0.3) is 0 Å². The van der Waals surface area contributed by atoms with Gasteiger partial charge in [-0.15, -0.1) is 0 Å². The van der Waals surface area contributed by atoms with E-state index in [0.29, 0.717) is 5.92 Å². The molecule has 0 amide bonds. The van der Waals surface area contributed by atoms with Gasteiger partial charge in [-0.3, -0.25) is 4.98 Å². The minimum absolute atomic E-state index is 0.388. The first-order valence-corrected chi connectivity index (χ1v) is 4.71. The lowest BCUT2D eigenvalue weighted by molar-refractivity contribution is 1.03. The monoisotopic (exact) mass is 182 g/mol. The van der Waals surface area contributed by atoms with E-state index in [1.807, 2.05) is 12.4 Å². The Labute approximate surface area is 82.7 Å². The summed E-state index contributed by atoms with van der Waals surface area (Å²) in [5, 5.41) is 3.34. The highest BCUT2D eigenvalue weighted by Gasteiger charge is 2.17. The number of nitrogens with zero attached hydrogens (tertiary/aromatic N) is 1. The predicted molar refractivity (Wildman–Crippen MR) is 57.0 cm³/mol. The van der Waals surface area contributed by atoms with Crippen LogP contribution in [0.3, 0.4) is 0 Å². The van der Waals surface area contributed by atoms with Gasteiger partial charge in [-0.2, -0.15) is 0 Å². The molecule has 1 aromatic heterocycles. The molecule has 2 nitrogen and oxygen atoms in total. The van der Waals surface area contributed by atoms with Gasteiger partial charge < -0.3 is 5.32 Å². The van der Waals surface area contributed by atoms with Crippen LogP contribution >= 0.6 is 0 Å². The molecule has 1 unspecified atom stereocenters. The summed E-state index contributed by atoms with van der Waals surface area (Å²) in [7, 11) is 0. The molecule has 14 heavy (non-hydrogen) atoms. The van der Waals surface area contributed by atoms with E-state index >= 15 is 0 Å². The van der Waals surface area contributed by atoms with Crippen LogP contribution in [0.4, 0.5) is 5.69 Å². The molecule has 1 atom stereocenters. The van der Waals surface area contributed by atoms with Gasteiger partial charge in [0, 0.05) is 17.8 Å². The standard InChI is InChI=1S/C12H10N2/c1-2-4-10-7-9(3-1)11-5-6-13-8-12(11)14-10/h1-9,14H. The molecule has 2 heteroatoms. The zero-order valence-corrected chi connectivity index (χ0v) is 7.64. The Bertz CT molecular complexity index is 455. The number of fused-ring (bicyclic) bond motifs is 3. The first-order valence-electron chi connectivity index (χ1n) is 4.71. The molecule has 68 valence electrons. The smallest absolute Gasteiger partial charge is 0.0612 e. The van der Waals surface area contributed by atoms with Crippen molar-refractivity contribution in [2.75, 3.05) is 5.32 Å². The number of rotatable bonds is 0. The van der Waals surface area contributed by atoms with Crippen LogP contribution in [0.15, 0.2) is 54.5 Å². The van der Waals surface area contributed by atoms with Crippen molar-refractivity contribution >= 4 is 5.69 Å². The minimum Gasteiger partial charge on any atom is -0.354 e. The van der Waals surface area contributed by atoms with Crippen molar-refractivity contribution in [1.29, 1.82) is 0 Å². The highest BCUT2D eigenvalue weighted by atomic mass is 14.9. The maximum Gasteiger partial charge on any atom is 0.0612 e. The number of anilines is 1. The molecule has 1 aromatic rings. The van der Waals surface area contributed by atoms with E-state index in [1.165, 1.54) is 5.56 Å². The molecular weight excluding hydrogens is 172 g/mol. The third kappa shape index (κ3) is 1.08. The lowest BCUT2D eigenvalue weighted by Crippen LogP contribution is -2.09. The fourth-order valence-corrected chi connectivity index (χ4v) is 1.88. The predicted octanol–water partition coefficient (Wildman–Crippen LogP) is 2.60. The zero-order chi connectivity index (χ0) is 9.38. The molecule has 3 rings (SSSR count). The van der Waals surface area contributed by atoms with E-state index in [4.69, 9.17) is 0 Å². The molecule has 0 fully saturated rings. The third-order valence-electron chi connectivity index (χ3n) is 2.56. The Morgan fingerprint density at radius 1 is 1.29 bits per heavy atom. The first kappa shape index (κ1) is 7.56. The Balaban J connectivity index is 2.17. The highest BCUT2D eigenvalue weighted by Crippen LogP contribution is 2.33. The molecule has 1 aliphatic carbocycles. The van der Waals surface area contributed by atoms with E-state index in [-0.39, 0.29) is 0 Å². The molecule has 0 aromatic carbocycles. The molecule has 0 spiro atoms. The van der Waals surface area contributed by atoms with Gasteiger partial charge in [0.1, 0.15) is 0 Å². The number of pyridine rings is 1. The Hall–Kier alpha value is -1.83. The van der Waals surface area contributed by atoms with E-state index in [1.54, 1.807) is 0 Å². The van der Waals surface area contributed by atoms with E-state index in [2.05, 4.69) is 46.7 Å². The Kier molecular flexibility index (Phi) is 1.53. The van der Waals surface area contributed by atoms with E-state index in [0.717, 1.165) is 11.4 Å². The molecule has 0 saturated carbocycles. The summed E-state index contributed by atoms with van der Waals surface area (Å²) in [6.45, 7) is 0. The van der Waals surface area contributed by atoms with Crippen LogP contribution in [0.1, 0.15) is 11.5 Å². The van der Waals surface area contributed by atoms with Gasteiger partial charge in [-0.1, -0.05) is 18.2 Å². The number of allylic oxidation sites excluding steroid dienone is 5. The maximum absolute atomic E-state index is 4.12. The van der Waals surface area contributed by atoms with Crippen LogP contribution in [0, 0.1) is 0 Å². The summed E-state index contributed by atoms with van der Waals surface area (Å²) in [4.78, 5) is 4.12. The first-order chi connectivity index (χ1) is 6.93. The lowest BCUT2D eigenvalue weighted by atomic mass is 9.95. The van der Waals surface area contributed by atoms with Crippen molar-refractivity contribution in [3.8, 4) is 0 Å². The summed E-state index contributed by atoms with van der Waals surface area (Å²) in [5.41, 5.74) is 3.57. The highest BCUT2D eigenvalue weighted by molar-refractivity contribution is 5.63. The summed E-state index contributed by atoms with van der Waals surface area (Å²) >= 11 is 0. The maximum atomic E-state index is 4.12. The molecule has 2 aliphatic rings. The van der Waals surface area contributed by atoms with Crippen LogP contribution in [0.5, 0.6) is 0 Å². The second kappa shape index (κ2) is 2.84. The van der Waals surface area contributed by atoms with Crippen molar-refractivity contribution in [3.05, 3.63) is 60.1 Å². The van der Waals surface area contributed by atoms with Gasteiger partial charge in [0.2, 0.25) is 0 Å². The summed E-state index contributed by atoms with van der Waals surface area (Å²) in [5.74, 6) is 0.388. The average molecular weight is 182 g/mol. The van der Waals surface area contributed by atoms with Crippen LogP contribution in [0.25, 0.3) is 0 Å². The van der Waals surface area contributed by atoms with Gasteiger partial charge in [-0.25, -0.2) is 0 Å². The Morgan fingerprint density at radius 3 is 3.29 bits per heavy atom. The molecule has 1 N–H and O–H groups in total. The van der Waals surface area contributed by atoms with Gasteiger partial charge in [0.05, 0.1) is 11.9 Å². The van der Waals surface area contributed by atoms with Gasteiger partial charge in [0.15, 0.2) is 0 Å². The molecule has 0 radical (unpaired) electrons. The number of aromatic nitrogens is 1.